The molecule has 34 heavy (non-hydrogen) atoms. The first-order chi connectivity index (χ1) is 16.6. The maximum atomic E-state index is 12.8. The number of thiophene rings is 1. The number of aromatic nitrogens is 4. The van der Waals surface area contributed by atoms with E-state index in [-0.39, 0.29) is 17.5 Å². The van der Waals surface area contributed by atoms with Crippen LogP contribution in [0.5, 0.6) is 0 Å². The van der Waals surface area contributed by atoms with Gasteiger partial charge in [-0.2, -0.15) is 0 Å². The largest absolute Gasteiger partial charge is 0.447 e. The Kier molecular flexibility index (Phi) is 6.45. The summed E-state index contributed by atoms with van der Waals surface area (Å²) in [5, 5.41) is 11.5. The smallest absolute Gasteiger partial charge is 0.275 e. The summed E-state index contributed by atoms with van der Waals surface area (Å²) in [6, 6.07) is 14.0. The number of carbonyl (C=O) groups excluding carboxylic acids is 2. The zero-order chi connectivity index (χ0) is 23.5. The van der Waals surface area contributed by atoms with Crippen molar-refractivity contribution < 1.29 is 14.0 Å². The molecule has 2 amide bonds. The molecule has 174 valence electrons. The minimum atomic E-state index is -0.185. The number of carbonyl (C=O) groups is 2. The second kappa shape index (κ2) is 9.82. The molecule has 1 fully saturated rings. The van der Waals surface area contributed by atoms with Crippen LogP contribution in [0.4, 0.5) is 0 Å². The Balaban J connectivity index is 1.29. The van der Waals surface area contributed by atoms with E-state index in [0.717, 1.165) is 16.4 Å². The Labute approximate surface area is 204 Å². The first kappa shape index (κ1) is 22.4. The first-order valence-corrected chi connectivity index (χ1v) is 12.6. The maximum absolute atomic E-state index is 12.8. The summed E-state index contributed by atoms with van der Waals surface area (Å²) in [5.74, 6) is 1.46. The van der Waals surface area contributed by atoms with Gasteiger partial charge in [0.1, 0.15) is 6.26 Å². The standard InChI is InChI=1S/C23H22N6O3S2/c1-16(30)27-9-11-28(12-10-27)22(31)18-14-32-20(24-18)15-34-23-26-25-21(19-8-5-13-33-19)29(23)17-6-3-2-4-7-17/h2-8,13-14H,9-12,15H2,1H3. The number of hydrogen-bond acceptors (Lipinski definition) is 8. The van der Waals surface area contributed by atoms with Gasteiger partial charge >= 0.3 is 0 Å². The highest BCUT2D eigenvalue weighted by Crippen LogP contribution is 2.31. The van der Waals surface area contributed by atoms with Gasteiger partial charge in [-0.3, -0.25) is 14.2 Å². The molecule has 0 atom stereocenters. The Hall–Kier alpha value is -3.44. The van der Waals surface area contributed by atoms with Crippen molar-refractivity contribution in [3.8, 4) is 16.4 Å². The maximum Gasteiger partial charge on any atom is 0.275 e. The fourth-order valence-electron chi connectivity index (χ4n) is 3.73. The van der Waals surface area contributed by atoms with E-state index >= 15 is 0 Å². The number of nitrogens with zero attached hydrogens (tertiary/aromatic N) is 6. The van der Waals surface area contributed by atoms with Crippen LogP contribution in [0, 0.1) is 0 Å². The molecule has 3 aromatic heterocycles. The van der Waals surface area contributed by atoms with Crippen molar-refractivity contribution >= 4 is 34.9 Å². The number of thioether (sulfide) groups is 1. The van der Waals surface area contributed by atoms with Gasteiger partial charge in [0.2, 0.25) is 11.8 Å². The third kappa shape index (κ3) is 4.62. The molecule has 4 heterocycles. The SMILES string of the molecule is CC(=O)N1CCN(C(=O)c2coc(CSc3nnc(-c4cccs4)n3-c3ccccc3)n2)CC1. The number of rotatable bonds is 6. The number of hydrogen-bond donors (Lipinski definition) is 0. The van der Waals surface area contributed by atoms with Crippen molar-refractivity contribution in [3.05, 3.63) is 65.7 Å². The normalized spacial score (nSPS) is 13.9. The third-order valence-corrected chi connectivity index (χ3v) is 7.28. The molecule has 1 aromatic carbocycles. The van der Waals surface area contributed by atoms with E-state index < -0.39 is 0 Å². The van der Waals surface area contributed by atoms with Crippen LogP contribution < -0.4 is 0 Å². The Morgan fingerprint density at radius 3 is 2.50 bits per heavy atom. The molecule has 9 nitrogen and oxygen atoms in total. The van der Waals surface area contributed by atoms with Gasteiger partial charge in [-0.05, 0) is 23.6 Å². The van der Waals surface area contributed by atoms with Gasteiger partial charge in [-0.25, -0.2) is 4.98 Å². The molecule has 0 saturated carbocycles. The van der Waals surface area contributed by atoms with Crippen LogP contribution in [0.3, 0.4) is 0 Å². The Morgan fingerprint density at radius 2 is 1.79 bits per heavy atom. The second-order valence-corrected chi connectivity index (χ2v) is 9.56. The van der Waals surface area contributed by atoms with Crippen LogP contribution in [0.2, 0.25) is 0 Å². The lowest BCUT2D eigenvalue weighted by atomic mass is 10.3. The number of benzene rings is 1. The predicted octanol–water partition coefficient (Wildman–Crippen LogP) is 3.58. The monoisotopic (exact) mass is 494 g/mol. The summed E-state index contributed by atoms with van der Waals surface area (Å²) in [6.45, 7) is 3.58. The summed E-state index contributed by atoms with van der Waals surface area (Å²) in [7, 11) is 0. The van der Waals surface area contributed by atoms with Crippen molar-refractivity contribution in [2.24, 2.45) is 0 Å². The van der Waals surface area contributed by atoms with Gasteiger partial charge in [-0.1, -0.05) is 36.0 Å². The summed E-state index contributed by atoms with van der Waals surface area (Å²) in [5.41, 5.74) is 1.24. The quantitative estimate of drug-likeness (QED) is 0.378. The van der Waals surface area contributed by atoms with Crippen molar-refractivity contribution in [1.82, 2.24) is 29.5 Å². The van der Waals surface area contributed by atoms with Crippen LogP contribution in [0.25, 0.3) is 16.4 Å². The van der Waals surface area contributed by atoms with E-state index in [1.54, 1.807) is 28.1 Å². The van der Waals surface area contributed by atoms with Gasteiger partial charge < -0.3 is 14.2 Å². The van der Waals surface area contributed by atoms with E-state index in [9.17, 15) is 9.59 Å². The Bertz CT molecular complexity index is 1280. The molecule has 0 unspecified atom stereocenters. The number of para-hydroxylation sites is 1. The fourth-order valence-corrected chi connectivity index (χ4v) is 5.23. The molecule has 11 heteroatoms. The number of piperazine rings is 1. The van der Waals surface area contributed by atoms with Crippen LogP contribution >= 0.6 is 23.1 Å². The molecule has 5 rings (SSSR count). The molecular weight excluding hydrogens is 472 g/mol. The van der Waals surface area contributed by atoms with E-state index in [4.69, 9.17) is 4.42 Å². The van der Waals surface area contributed by atoms with Crippen LogP contribution in [0.15, 0.2) is 63.7 Å². The summed E-state index contributed by atoms with van der Waals surface area (Å²) in [6.07, 6.45) is 1.40. The van der Waals surface area contributed by atoms with Gasteiger partial charge in [0.15, 0.2) is 16.7 Å². The van der Waals surface area contributed by atoms with Crippen molar-refractivity contribution in [2.45, 2.75) is 17.8 Å². The lowest BCUT2D eigenvalue weighted by Crippen LogP contribution is -2.50. The zero-order valence-corrected chi connectivity index (χ0v) is 20.1. The molecule has 0 bridgehead atoms. The summed E-state index contributed by atoms with van der Waals surface area (Å²) >= 11 is 3.05. The molecule has 4 aromatic rings. The van der Waals surface area contributed by atoms with E-state index in [2.05, 4.69) is 15.2 Å². The highest BCUT2D eigenvalue weighted by atomic mass is 32.2. The fraction of sp³-hybridized carbons (Fsp3) is 0.261. The lowest BCUT2D eigenvalue weighted by molar-refractivity contribution is -0.130. The van der Waals surface area contributed by atoms with E-state index in [0.29, 0.717) is 43.0 Å². The van der Waals surface area contributed by atoms with Crippen molar-refractivity contribution in [3.63, 3.8) is 0 Å². The minimum absolute atomic E-state index is 0.0263. The van der Waals surface area contributed by atoms with Gasteiger partial charge in [0, 0.05) is 38.8 Å². The number of oxazole rings is 1. The molecule has 0 N–H and O–H groups in total. The molecule has 1 aliphatic heterocycles. The molecule has 1 aliphatic rings. The predicted molar refractivity (Wildman–Crippen MR) is 129 cm³/mol. The topological polar surface area (TPSA) is 97.4 Å². The molecular formula is C23H22N6O3S2. The van der Waals surface area contributed by atoms with E-state index in [1.807, 2.05) is 52.4 Å². The van der Waals surface area contributed by atoms with Gasteiger partial charge in [0.05, 0.1) is 10.6 Å². The highest BCUT2D eigenvalue weighted by Gasteiger charge is 2.25. The summed E-state index contributed by atoms with van der Waals surface area (Å²) in [4.78, 5) is 33.2. The second-order valence-electron chi connectivity index (χ2n) is 7.67. The summed E-state index contributed by atoms with van der Waals surface area (Å²) < 4.78 is 7.60. The first-order valence-electron chi connectivity index (χ1n) is 10.8. The average Bonchev–Trinajstić information content (AvgIpc) is 3.63. The number of amides is 2. The molecule has 0 aliphatic carbocycles. The van der Waals surface area contributed by atoms with Gasteiger partial charge in [0.25, 0.3) is 5.91 Å². The van der Waals surface area contributed by atoms with Crippen LogP contribution in [-0.2, 0) is 10.5 Å². The van der Waals surface area contributed by atoms with Crippen molar-refractivity contribution in [1.29, 1.82) is 0 Å². The van der Waals surface area contributed by atoms with Crippen molar-refractivity contribution in [2.75, 3.05) is 26.2 Å². The van der Waals surface area contributed by atoms with Crippen LogP contribution in [0.1, 0.15) is 23.3 Å². The highest BCUT2D eigenvalue weighted by molar-refractivity contribution is 7.98. The van der Waals surface area contributed by atoms with E-state index in [1.165, 1.54) is 18.0 Å². The molecule has 0 spiro atoms. The zero-order valence-electron chi connectivity index (χ0n) is 18.5. The minimum Gasteiger partial charge on any atom is -0.447 e. The van der Waals surface area contributed by atoms with Gasteiger partial charge in [-0.15, -0.1) is 21.5 Å². The van der Waals surface area contributed by atoms with Crippen LogP contribution in [-0.4, -0.2) is 67.5 Å². The lowest BCUT2D eigenvalue weighted by Gasteiger charge is -2.33. The molecule has 1 saturated heterocycles. The Morgan fingerprint density at radius 1 is 1.03 bits per heavy atom. The molecule has 0 radical (unpaired) electrons. The average molecular weight is 495 g/mol. The third-order valence-electron chi connectivity index (χ3n) is 5.50.